The fourth-order valence-electron chi connectivity index (χ4n) is 3.64. The lowest BCUT2D eigenvalue weighted by molar-refractivity contribution is -0.726. The molecule has 0 saturated carbocycles. The average molecular weight is 335 g/mol. The molecule has 5 heteroatoms. The van der Waals surface area contributed by atoms with Crippen molar-refractivity contribution in [2.75, 3.05) is 0 Å². The quantitative estimate of drug-likeness (QED) is 0.883. The van der Waals surface area contributed by atoms with Crippen molar-refractivity contribution >= 4 is 21.6 Å². The van der Waals surface area contributed by atoms with Gasteiger partial charge in [0.1, 0.15) is 10.9 Å². The van der Waals surface area contributed by atoms with E-state index in [1.165, 1.54) is 16.9 Å². The number of hydrogen-bond donors (Lipinski definition) is 2. The first kappa shape index (κ1) is 16.7. The highest BCUT2D eigenvalue weighted by molar-refractivity contribution is 7.18. The summed E-state index contributed by atoms with van der Waals surface area (Å²) in [7, 11) is 0. The number of aryl methyl sites for hydroxylation is 1. The third kappa shape index (κ3) is 3.22. The minimum Gasteiger partial charge on any atom is -0.335 e. The average Bonchev–Trinajstić information content (AvgIpc) is 2.89. The van der Waals surface area contributed by atoms with Gasteiger partial charge < -0.3 is 10.3 Å². The summed E-state index contributed by atoms with van der Waals surface area (Å²) in [6.07, 6.45) is 5.58. The smallest absolute Gasteiger partial charge is 0.260 e. The molecule has 23 heavy (non-hydrogen) atoms. The largest absolute Gasteiger partial charge is 0.335 e. The summed E-state index contributed by atoms with van der Waals surface area (Å²) in [5.41, 5.74) is 1.32. The Morgan fingerprint density at radius 3 is 2.83 bits per heavy atom. The molecule has 0 radical (unpaired) electrons. The summed E-state index contributed by atoms with van der Waals surface area (Å²) in [6.45, 7) is 8.86. The van der Waals surface area contributed by atoms with Crippen LogP contribution in [0.25, 0.3) is 10.2 Å². The van der Waals surface area contributed by atoms with Crippen LogP contribution in [0, 0.1) is 5.92 Å². The Labute approximate surface area is 141 Å². The van der Waals surface area contributed by atoms with Crippen LogP contribution in [-0.2, 0) is 12.8 Å². The Bertz CT molecular complexity index is 745. The first-order chi connectivity index (χ1) is 11.0. The van der Waals surface area contributed by atoms with Crippen LogP contribution in [0.3, 0.4) is 0 Å². The van der Waals surface area contributed by atoms with Gasteiger partial charge in [0.25, 0.3) is 5.56 Å². The van der Waals surface area contributed by atoms with Gasteiger partial charge in [-0.25, -0.2) is 4.98 Å². The molecule has 0 aliphatic heterocycles. The molecule has 2 aromatic rings. The maximum atomic E-state index is 12.6. The predicted molar refractivity (Wildman–Crippen MR) is 96.1 cm³/mol. The summed E-state index contributed by atoms with van der Waals surface area (Å²) < 4.78 is 0. The monoisotopic (exact) mass is 334 g/mol. The topological polar surface area (TPSA) is 62.4 Å². The van der Waals surface area contributed by atoms with Crippen LogP contribution in [0.5, 0.6) is 0 Å². The number of hydrogen-bond acceptors (Lipinski definition) is 3. The normalized spacial score (nSPS) is 19.3. The second-order valence-electron chi connectivity index (χ2n) is 7.04. The van der Waals surface area contributed by atoms with Crippen molar-refractivity contribution in [2.24, 2.45) is 5.92 Å². The van der Waals surface area contributed by atoms with E-state index in [2.05, 4.69) is 38.0 Å². The number of aromatic nitrogens is 2. The first-order valence-corrected chi connectivity index (χ1v) is 9.74. The van der Waals surface area contributed by atoms with Crippen molar-refractivity contribution in [1.82, 2.24) is 9.97 Å². The maximum Gasteiger partial charge on any atom is 0.260 e. The molecule has 2 atom stereocenters. The van der Waals surface area contributed by atoms with E-state index in [4.69, 9.17) is 4.98 Å². The molecule has 0 saturated heterocycles. The van der Waals surface area contributed by atoms with E-state index in [1.807, 2.05) is 0 Å². The Morgan fingerprint density at radius 2 is 2.13 bits per heavy atom. The van der Waals surface area contributed by atoms with Crippen LogP contribution in [0.2, 0.25) is 0 Å². The van der Waals surface area contributed by atoms with E-state index >= 15 is 0 Å². The maximum absolute atomic E-state index is 12.6. The zero-order valence-electron chi connectivity index (χ0n) is 14.6. The molecule has 0 bridgehead atoms. The van der Waals surface area contributed by atoms with Crippen LogP contribution in [-0.4, -0.2) is 16.0 Å². The number of aromatic amines is 1. The van der Waals surface area contributed by atoms with Gasteiger partial charge >= 0.3 is 0 Å². The van der Waals surface area contributed by atoms with E-state index in [0.717, 1.165) is 47.6 Å². The standard InChI is InChI=1S/C18H27N3OS/c1-5-12(6-2)19-11(4)16-20-17(22)15-13-8-7-10(3)9-14(13)23-18(15)21-16/h10-12,19H,5-9H2,1-4H3,(H,20,21,22)/p+1/t10-,11-/m1/s1. The zero-order valence-corrected chi connectivity index (χ0v) is 15.4. The van der Waals surface area contributed by atoms with Crippen LogP contribution in [0.4, 0.5) is 0 Å². The molecular weight excluding hydrogens is 306 g/mol. The SMILES string of the molecule is CCC(CC)[NH2+][C@H](C)c1nc2sc3c(c2c(=O)[nH]1)CC[C@@H](C)C3. The molecule has 1 aliphatic carbocycles. The van der Waals surface area contributed by atoms with Crippen LogP contribution >= 0.6 is 11.3 Å². The third-order valence-corrected chi connectivity index (χ3v) is 6.37. The van der Waals surface area contributed by atoms with E-state index in [0.29, 0.717) is 6.04 Å². The van der Waals surface area contributed by atoms with Gasteiger partial charge in [-0.05, 0) is 50.5 Å². The molecule has 2 aromatic heterocycles. The van der Waals surface area contributed by atoms with E-state index in [-0.39, 0.29) is 11.6 Å². The Balaban J connectivity index is 1.97. The van der Waals surface area contributed by atoms with Gasteiger partial charge in [-0.1, -0.05) is 20.8 Å². The molecule has 0 fully saturated rings. The minimum atomic E-state index is 0.0573. The Hall–Kier alpha value is -1.20. The van der Waals surface area contributed by atoms with Crippen molar-refractivity contribution < 1.29 is 5.32 Å². The molecule has 1 aliphatic rings. The van der Waals surface area contributed by atoms with Crippen molar-refractivity contribution in [3.05, 3.63) is 26.6 Å². The number of nitrogens with one attached hydrogen (secondary N) is 1. The molecule has 3 N–H and O–H groups in total. The zero-order chi connectivity index (χ0) is 16.6. The van der Waals surface area contributed by atoms with Crippen LogP contribution in [0.15, 0.2) is 4.79 Å². The highest BCUT2D eigenvalue weighted by Crippen LogP contribution is 2.35. The number of quaternary nitrogens is 1. The Morgan fingerprint density at radius 1 is 1.39 bits per heavy atom. The van der Waals surface area contributed by atoms with Gasteiger partial charge in [0.2, 0.25) is 0 Å². The minimum absolute atomic E-state index is 0.0573. The molecule has 0 unspecified atom stereocenters. The lowest BCUT2D eigenvalue weighted by Crippen LogP contribution is -2.90. The molecule has 3 rings (SSSR count). The molecule has 0 spiro atoms. The number of rotatable bonds is 5. The molecule has 126 valence electrons. The molecular formula is C18H28N3OS+. The molecule has 0 amide bonds. The molecule has 0 aromatic carbocycles. The highest BCUT2D eigenvalue weighted by Gasteiger charge is 2.24. The fraction of sp³-hybridized carbons (Fsp3) is 0.667. The lowest BCUT2D eigenvalue weighted by atomic mass is 9.89. The first-order valence-electron chi connectivity index (χ1n) is 8.92. The Kier molecular flexibility index (Phi) is 4.87. The second kappa shape index (κ2) is 6.73. The fourth-order valence-corrected chi connectivity index (χ4v) is 5.03. The molecule has 2 heterocycles. The van der Waals surface area contributed by atoms with Gasteiger partial charge in [0.15, 0.2) is 5.82 Å². The summed E-state index contributed by atoms with van der Waals surface area (Å²) in [6, 6.07) is 0.776. The van der Waals surface area contributed by atoms with Crippen molar-refractivity contribution in [2.45, 2.75) is 71.9 Å². The summed E-state index contributed by atoms with van der Waals surface area (Å²) in [5, 5.41) is 3.19. The third-order valence-electron chi connectivity index (χ3n) is 5.22. The molecule has 4 nitrogen and oxygen atoms in total. The summed E-state index contributed by atoms with van der Waals surface area (Å²) in [4.78, 5) is 22.8. The summed E-state index contributed by atoms with van der Waals surface area (Å²) in [5.74, 6) is 1.54. The van der Waals surface area contributed by atoms with Crippen LogP contribution in [0.1, 0.15) is 69.3 Å². The van der Waals surface area contributed by atoms with E-state index in [1.54, 1.807) is 11.3 Å². The van der Waals surface area contributed by atoms with E-state index < -0.39 is 0 Å². The highest BCUT2D eigenvalue weighted by atomic mass is 32.1. The lowest BCUT2D eigenvalue weighted by Gasteiger charge is -2.17. The van der Waals surface area contributed by atoms with Gasteiger partial charge in [-0.15, -0.1) is 11.3 Å². The van der Waals surface area contributed by atoms with Gasteiger partial charge in [-0.2, -0.15) is 0 Å². The van der Waals surface area contributed by atoms with Gasteiger partial charge in [-0.3, -0.25) is 4.79 Å². The number of H-pyrrole nitrogens is 1. The number of nitrogens with zero attached hydrogens (tertiary/aromatic N) is 1. The predicted octanol–water partition coefficient (Wildman–Crippen LogP) is 2.92. The number of thiophene rings is 1. The van der Waals surface area contributed by atoms with Crippen molar-refractivity contribution in [3.8, 4) is 0 Å². The number of nitrogens with two attached hydrogens (primary N) is 1. The summed E-state index contributed by atoms with van der Waals surface area (Å²) >= 11 is 1.73. The van der Waals surface area contributed by atoms with Crippen molar-refractivity contribution in [1.29, 1.82) is 0 Å². The van der Waals surface area contributed by atoms with Gasteiger partial charge in [0, 0.05) is 4.88 Å². The number of fused-ring (bicyclic) bond motifs is 3. The second-order valence-corrected chi connectivity index (χ2v) is 8.12. The van der Waals surface area contributed by atoms with Crippen LogP contribution < -0.4 is 10.9 Å². The van der Waals surface area contributed by atoms with E-state index in [9.17, 15) is 4.79 Å². The van der Waals surface area contributed by atoms with Crippen molar-refractivity contribution in [3.63, 3.8) is 0 Å². The van der Waals surface area contributed by atoms with Gasteiger partial charge in [0.05, 0.1) is 11.4 Å².